The highest BCUT2D eigenvalue weighted by Gasteiger charge is 2.19. The highest BCUT2D eigenvalue weighted by Crippen LogP contribution is 2.29. The Morgan fingerprint density at radius 3 is 2.74 bits per heavy atom. The Kier molecular flexibility index (Phi) is 4.91. The SMILES string of the molecule is Cc1ccc(NC(=O)CSc2nnc3c4ccccc4nc(-c4ccco4)n23)cc1C. The summed E-state index contributed by atoms with van der Waals surface area (Å²) in [5.41, 5.74) is 4.58. The van der Waals surface area contributed by atoms with Gasteiger partial charge in [0.2, 0.25) is 5.91 Å². The third-order valence-corrected chi connectivity index (χ3v) is 6.01. The summed E-state index contributed by atoms with van der Waals surface area (Å²) in [5.74, 6) is 1.29. The average molecular weight is 430 g/mol. The largest absolute Gasteiger partial charge is 0.461 e. The average Bonchev–Trinajstić information content (AvgIpc) is 3.45. The molecule has 1 amide bonds. The van der Waals surface area contributed by atoms with E-state index >= 15 is 0 Å². The molecule has 0 bridgehead atoms. The third-order valence-electron chi connectivity index (χ3n) is 5.08. The number of thioether (sulfide) groups is 1. The van der Waals surface area contributed by atoms with Crippen molar-refractivity contribution < 1.29 is 9.21 Å². The number of anilines is 1. The van der Waals surface area contributed by atoms with Crippen LogP contribution in [0.4, 0.5) is 5.69 Å². The first kappa shape index (κ1) is 19.3. The third kappa shape index (κ3) is 3.66. The van der Waals surface area contributed by atoms with Crippen LogP contribution in [0.2, 0.25) is 0 Å². The molecule has 3 aromatic heterocycles. The number of furan rings is 1. The minimum Gasteiger partial charge on any atom is -0.461 e. The van der Waals surface area contributed by atoms with Gasteiger partial charge in [-0.25, -0.2) is 4.98 Å². The summed E-state index contributed by atoms with van der Waals surface area (Å²) >= 11 is 1.31. The summed E-state index contributed by atoms with van der Waals surface area (Å²) in [5, 5.41) is 13.1. The quantitative estimate of drug-likeness (QED) is 0.401. The summed E-state index contributed by atoms with van der Waals surface area (Å²) in [7, 11) is 0. The lowest BCUT2D eigenvalue weighted by molar-refractivity contribution is -0.113. The van der Waals surface area contributed by atoms with Crippen LogP contribution in [0.3, 0.4) is 0 Å². The Hall–Kier alpha value is -3.65. The summed E-state index contributed by atoms with van der Waals surface area (Å²) in [4.78, 5) is 17.3. The van der Waals surface area contributed by atoms with Gasteiger partial charge in [-0.3, -0.25) is 9.20 Å². The van der Waals surface area contributed by atoms with E-state index in [1.165, 1.54) is 17.3 Å². The van der Waals surface area contributed by atoms with Crippen molar-refractivity contribution in [2.45, 2.75) is 19.0 Å². The van der Waals surface area contributed by atoms with Gasteiger partial charge in [0.1, 0.15) is 0 Å². The number of rotatable bonds is 5. The van der Waals surface area contributed by atoms with Crippen LogP contribution in [0.25, 0.3) is 28.1 Å². The number of carbonyl (C=O) groups is 1. The Labute approximate surface area is 182 Å². The van der Waals surface area contributed by atoms with E-state index in [1.807, 2.05) is 72.8 Å². The number of benzene rings is 2. The van der Waals surface area contributed by atoms with E-state index in [-0.39, 0.29) is 11.7 Å². The van der Waals surface area contributed by atoms with Crippen LogP contribution in [0.15, 0.2) is 70.4 Å². The number of hydrogen-bond acceptors (Lipinski definition) is 6. The second-order valence-electron chi connectivity index (χ2n) is 7.21. The molecule has 2 aromatic carbocycles. The molecule has 0 spiro atoms. The van der Waals surface area contributed by atoms with E-state index < -0.39 is 0 Å². The fourth-order valence-electron chi connectivity index (χ4n) is 3.37. The molecule has 5 rings (SSSR count). The smallest absolute Gasteiger partial charge is 0.234 e. The van der Waals surface area contributed by atoms with Crippen LogP contribution in [0, 0.1) is 13.8 Å². The molecule has 31 heavy (non-hydrogen) atoms. The molecule has 0 aliphatic heterocycles. The van der Waals surface area contributed by atoms with Gasteiger partial charge in [0.25, 0.3) is 0 Å². The number of nitrogens with one attached hydrogen (secondary N) is 1. The maximum Gasteiger partial charge on any atom is 0.234 e. The van der Waals surface area contributed by atoms with Gasteiger partial charge in [-0.05, 0) is 61.4 Å². The van der Waals surface area contributed by atoms with Crippen LogP contribution >= 0.6 is 11.8 Å². The molecule has 154 valence electrons. The zero-order valence-electron chi connectivity index (χ0n) is 17.0. The number of aryl methyl sites for hydroxylation is 2. The van der Waals surface area contributed by atoms with Gasteiger partial charge >= 0.3 is 0 Å². The van der Waals surface area contributed by atoms with Crippen molar-refractivity contribution in [2.24, 2.45) is 0 Å². The van der Waals surface area contributed by atoms with Crippen molar-refractivity contribution in [3.63, 3.8) is 0 Å². The fourth-order valence-corrected chi connectivity index (χ4v) is 4.10. The van der Waals surface area contributed by atoms with Crippen molar-refractivity contribution in [1.82, 2.24) is 19.6 Å². The van der Waals surface area contributed by atoms with Crippen molar-refractivity contribution >= 4 is 39.9 Å². The molecule has 1 N–H and O–H groups in total. The fraction of sp³-hybridized carbons (Fsp3) is 0.130. The molecule has 0 aliphatic rings. The minimum atomic E-state index is -0.113. The van der Waals surface area contributed by atoms with Gasteiger partial charge in [0.05, 0.1) is 17.5 Å². The maximum atomic E-state index is 12.5. The number of amides is 1. The van der Waals surface area contributed by atoms with Gasteiger partial charge < -0.3 is 9.73 Å². The van der Waals surface area contributed by atoms with Crippen molar-refractivity contribution in [3.05, 3.63) is 72.0 Å². The lowest BCUT2D eigenvalue weighted by atomic mass is 10.1. The maximum absolute atomic E-state index is 12.5. The zero-order valence-corrected chi connectivity index (χ0v) is 17.8. The molecule has 5 aromatic rings. The lowest BCUT2D eigenvalue weighted by Crippen LogP contribution is -2.14. The van der Waals surface area contributed by atoms with Crippen molar-refractivity contribution in [2.75, 3.05) is 11.1 Å². The molecule has 0 unspecified atom stereocenters. The first-order valence-electron chi connectivity index (χ1n) is 9.78. The second-order valence-corrected chi connectivity index (χ2v) is 8.15. The number of carbonyl (C=O) groups excluding carboxylic acids is 1. The van der Waals surface area contributed by atoms with E-state index in [0.29, 0.717) is 22.4 Å². The molecule has 0 atom stereocenters. The molecule has 0 radical (unpaired) electrons. The van der Waals surface area contributed by atoms with E-state index in [4.69, 9.17) is 9.40 Å². The van der Waals surface area contributed by atoms with E-state index in [9.17, 15) is 4.79 Å². The number of nitrogens with zero attached hydrogens (tertiary/aromatic N) is 4. The monoisotopic (exact) mass is 429 g/mol. The Morgan fingerprint density at radius 1 is 1.06 bits per heavy atom. The first-order chi connectivity index (χ1) is 15.1. The Morgan fingerprint density at radius 2 is 1.94 bits per heavy atom. The minimum absolute atomic E-state index is 0.113. The standard InChI is InChI=1S/C23H19N5O2S/c1-14-9-10-16(12-15(14)2)24-20(29)13-31-23-27-26-21-17-6-3-4-7-18(17)25-22(28(21)23)19-8-5-11-30-19/h3-12H,13H2,1-2H3,(H,24,29). The summed E-state index contributed by atoms with van der Waals surface area (Å²) < 4.78 is 7.44. The lowest BCUT2D eigenvalue weighted by Gasteiger charge is -2.09. The predicted octanol–water partition coefficient (Wildman–Crippen LogP) is 4.89. The second kappa shape index (κ2) is 7.88. The Bertz CT molecular complexity index is 1410. The number of para-hydroxylation sites is 1. The van der Waals surface area contributed by atoms with Crippen LogP contribution in [-0.4, -0.2) is 31.2 Å². The van der Waals surface area contributed by atoms with Crippen LogP contribution < -0.4 is 5.32 Å². The molecule has 0 saturated carbocycles. The van der Waals surface area contributed by atoms with Gasteiger partial charge in [-0.15, -0.1) is 10.2 Å². The van der Waals surface area contributed by atoms with Crippen molar-refractivity contribution in [1.29, 1.82) is 0 Å². The van der Waals surface area contributed by atoms with Gasteiger partial charge in [-0.2, -0.15) is 0 Å². The van der Waals surface area contributed by atoms with Crippen LogP contribution in [-0.2, 0) is 4.79 Å². The van der Waals surface area contributed by atoms with Gasteiger partial charge in [0, 0.05) is 11.1 Å². The zero-order chi connectivity index (χ0) is 21.4. The first-order valence-corrected chi connectivity index (χ1v) is 10.8. The van der Waals surface area contributed by atoms with E-state index in [0.717, 1.165) is 22.2 Å². The summed E-state index contributed by atoms with van der Waals surface area (Å²) in [6, 6.07) is 17.3. The molecule has 8 heteroatoms. The van der Waals surface area contributed by atoms with Gasteiger partial charge in [-0.1, -0.05) is 30.0 Å². The number of hydrogen-bond donors (Lipinski definition) is 1. The molecular formula is C23H19N5O2S. The molecule has 7 nitrogen and oxygen atoms in total. The van der Waals surface area contributed by atoms with Crippen molar-refractivity contribution in [3.8, 4) is 11.6 Å². The number of aromatic nitrogens is 4. The highest BCUT2D eigenvalue weighted by atomic mass is 32.2. The van der Waals surface area contributed by atoms with E-state index in [2.05, 4.69) is 15.5 Å². The van der Waals surface area contributed by atoms with E-state index in [1.54, 1.807) is 6.26 Å². The highest BCUT2D eigenvalue weighted by molar-refractivity contribution is 7.99. The summed E-state index contributed by atoms with van der Waals surface area (Å²) in [6.45, 7) is 4.07. The summed E-state index contributed by atoms with van der Waals surface area (Å²) in [6.07, 6.45) is 1.60. The molecular weight excluding hydrogens is 410 g/mol. The topological polar surface area (TPSA) is 85.3 Å². The van der Waals surface area contributed by atoms with Crippen LogP contribution in [0.1, 0.15) is 11.1 Å². The normalized spacial score (nSPS) is 11.3. The molecule has 3 heterocycles. The predicted molar refractivity (Wildman–Crippen MR) is 121 cm³/mol. The number of fused-ring (bicyclic) bond motifs is 3. The molecule has 0 fully saturated rings. The molecule has 0 aliphatic carbocycles. The Balaban J connectivity index is 1.47. The van der Waals surface area contributed by atoms with Crippen LogP contribution in [0.5, 0.6) is 0 Å². The van der Waals surface area contributed by atoms with Gasteiger partial charge in [0.15, 0.2) is 22.4 Å². The molecule has 0 saturated heterocycles.